The Hall–Kier alpha value is -2.27. The van der Waals surface area contributed by atoms with Crippen molar-refractivity contribution in [3.8, 4) is 0 Å². The zero-order valence-electron chi connectivity index (χ0n) is 10.3. The van der Waals surface area contributed by atoms with Crippen molar-refractivity contribution in [1.29, 1.82) is 0 Å². The Morgan fingerprint density at radius 2 is 2.16 bits per heavy atom. The average molecular weight is 269 g/mol. The Kier molecular flexibility index (Phi) is 2.97. The van der Waals surface area contributed by atoms with Crippen LogP contribution in [0.4, 0.5) is 0 Å². The van der Waals surface area contributed by atoms with Gasteiger partial charge in [0.25, 0.3) is 5.56 Å². The van der Waals surface area contributed by atoms with Crippen molar-refractivity contribution < 1.29 is 0 Å². The van der Waals surface area contributed by atoms with E-state index in [0.717, 1.165) is 5.56 Å². The predicted molar refractivity (Wildman–Crippen MR) is 78.1 cm³/mol. The molecule has 0 amide bonds. The number of hydrogen-bond acceptors (Lipinski definition) is 4. The van der Waals surface area contributed by atoms with Crippen molar-refractivity contribution in [2.75, 3.05) is 0 Å². The number of fused-ring (bicyclic) bond motifs is 1. The summed E-state index contributed by atoms with van der Waals surface area (Å²) in [6.45, 7) is 1.78. The minimum atomic E-state index is -0.144. The maximum Gasteiger partial charge on any atom is 0.282 e. The molecule has 3 aromatic rings. The lowest BCUT2D eigenvalue weighted by molar-refractivity contribution is 0.771. The first-order chi connectivity index (χ1) is 9.25. The van der Waals surface area contributed by atoms with Crippen LogP contribution in [0.15, 0.2) is 51.0 Å². The summed E-state index contributed by atoms with van der Waals surface area (Å²) >= 11 is 1.59. The van der Waals surface area contributed by atoms with Crippen LogP contribution in [0.5, 0.6) is 0 Å². The Morgan fingerprint density at radius 1 is 1.32 bits per heavy atom. The van der Waals surface area contributed by atoms with E-state index in [9.17, 15) is 4.79 Å². The second-order valence-electron chi connectivity index (χ2n) is 4.09. The van der Waals surface area contributed by atoms with Crippen LogP contribution in [-0.4, -0.2) is 15.9 Å². The van der Waals surface area contributed by atoms with Gasteiger partial charge < -0.3 is 0 Å². The molecular formula is C14H11N3OS. The van der Waals surface area contributed by atoms with Crippen molar-refractivity contribution in [3.05, 3.63) is 62.8 Å². The molecule has 0 atom stereocenters. The summed E-state index contributed by atoms with van der Waals surface area (Å²) in [6.07, 6.45) is 1.67. The summed E-state index contributed by atoms with van der Waals surface area (Å²) in [5.74, 6) is 0.579. The first-order valence-corrected chi connectivity index (χ1v) is 6.75. The molecule has 0 bridgehead atoms. The van der Waals surface area contributed by atoms with Gasteiger partial charge in [-0.1, -0.05) is 12.1 Å². The topological polar surface area (TPSA) is 47.2 Å². The van der Waals surface area contributed by atoms with E-state index in [-0.39, 0.29) is 5.56 Å². The van der Waals surface area contributed by atoms with Crippen molar-refractivity contribution in [3.63, 3.8) is 0 Å². The van der Waals surface area contributed by atoms with Crippen LogP contribution in [-0.2, 0) is 0 Å². The van der Waals surface area contributed by atoms with E-state index in [2.05, 4.69) is 10.1 Å². The lowest BCUT2D eigenvalue weighted by Gasteiger charge is -2.04. The number of rotatable bonds is 2. The van der Waals surface area contributed by atoms with E-state index in [1.54, 1.807) is 30.5 Å². The number of nitrogens with zero attached hydrogens (tertiary/aromatic N) is 3. The molecule has 0 aliphatic rings. The van der Waals surface area contributed by atoms with Crippen LogP contribution < -0.4 is 5.56 Å². The lowest BCUT2D eigenvalue weighted by Crippen LogP contribution is -2.20. The van der Waals surface area contributed by atoms with Crippen LogP contribution >= 0.6 is 11.3 Å². The average Bonchev–Trinajstić information content (AvgIpc) is 2.92. The zero-order valence-corrected chi connectivity index (χ0v) is 11.1. The summed E-state index contributed by atoms with van der Waals surface area (Å²) in [5, 5.41) is 8.74. The minimum Gasteiger partial charge on any atom is -0.267 e. The monoisotopic (exact) mass is 269 g/mol. The SMILES string of the molecule is Cc1nc2ccccc2c(=O)n1N=Cc1ccsc1. The summed E-state index contributed by atoms with van der Waals surface area (Å²) in [4.78, 5) is 16.7. The summed E-state index contributed by atoms with van der Waals surface area (Å²) in [5.41, 5.74) is 1.53. The fourth-order valence-corrected chi connectivity index (χ4v) is 2.45. The number of benzene rings is 1. The molecule has 3 rings (SSSR count). The van der Waals surface area contributed by atoms with Crippen molar-refractivity contribution in [1.82, 2.24) is 9.66 Å². The van der Waals surface area contributed by atoms with E-state index < -0.39 is 0 Å². The maximum atomic E-state index is 12.3. The molecule has 0 N–H and O–H groups in total. The predicted octanol–water partition coefficient (Wildman–Crippen LogP) is 2.65. The van der Waals surface area contributed by atoms with Gasteiger partial charge in [0, 0.05) is 5.56 Å². The normalized spacial score (nSPS) is 11.4. The highest BCUT2D eigenvalue weighted by molar-refractivity contribution is 7.08. The second kappa shape index (κ2) is 4.78. The van der Waals surface area contributed by atoms with Gasteiger partial charge in [-0.25, -0.2) is 4.98 Å². The molecule has 0 aliphatic heterocycles. The third-order valence-electron chi connectivity index (χ3n) is 2.78. The molecule has 5 heteroatoms. The van der Waals surface area contributed by atoms with Crippen LogP contribution in [0.25, 0.3) is 10.9 Å². The van der Waals surface area contributed by atoms with Crippen molar-refractivity contribution in [2.24, 2.45) is 5.10 Å². The third kappa shape index (κ3) is 2.20. The van der Waals surface area contributed by atoms with Gasteiger partial charge in [0.05, 0.1) is 17.1 Å². The molecule has 0 spiro atoms. The highest BCUT2D eigenvalue weighted by atomic mass is 32.1. The number of aryl methyl sites for hydroxylation is 1. The van der Waals surface area contributed by atoms with Gasteiger partial charge in [-0.05, 0) is 35.9 Å². The van der Waals surface area contributed by atoms with E-state index in [0.29, 0.717) is 16.7 Å². The highest BCUT2D eigenvalue weighted by Crippen LogP contribution is 2.07. The lowest BCUT2D eigenvalue weighted by atomic mass is 10.2. The summed E-state index contributed by atoms with van der Waals surface area (Å²) < 4.78 is 1.33. The van der Waals surface area contributed by atoms with Crippen LogP contribution in [0.1, 0.15) is 11.4 Å². The molecule has 19 heavy (non-hydrogen) atoms. The van der Waals surface area contributed by atoms with Crippen LogP contribution in [0.3, 0.4) is 0 Å². The fraction of sp³-hybridized carbons (Fsp3) is 0.0714. The van der Waals surface area contributed by atoms with Crippen molar-refractivity contribution in [2.45, 2.75) is 6.92 Å². The highest BCUT2D eigenvalue weighted by Gasteiger charge is 2.05. The van der Waals surface area contributed by atoms with E-state index >= 15 is 0 Å². The second-order valence-corrected chi connectivity index (χ2v) is 4.87. The number of para-hydroxylation sites is 1. The van der Waals surface area contributed by atoms with E-state index in [4.69, 9.17) is 0 Å². The molecule has 0 saturated carbocycles. The molecule has 4 nitrogen and oxygen atoms in total. The number of hydrogen-bond donors (Lipinski definition) is 0. The molecule has 0 aliphatic carbocycles. The third-order valence-corrected chi connectivity index (χ3v) is 3.48. The first kappa shape index (κ1) is 11.8. The van der Waals surface area contributed by atoms with Gasteiger partial charge in [0.2, 0.25) is 0 Å². The Labute approximate surface area is 113 Å². The standard InChI is InChI=1S/C14H11N3OS/c1-10-16-13-5-3-2-4-12(13)14(18)17(10)15-8-11-6-7-19-9-11/h2-9H,1H3. The van der Waals surface area contributed by atoms with Gasteiger partial charge in [-0.15, -0.1) is 0 Å². The fourth-order valence-electron chi connectivity index (χ4n) is 1.84. The molecule has 0 saturated heterocycles. The number of thiophene rings is 1. The zero-order chi connectivity index (χ0) is 13.2. The minimum absolute atomic E-state index is 0.144. The molecule has 2 heterocycles. The molecule has 2 aromatic heterocycles. The summed E-state index contributed by atoms with van der Waals surface area (Å²) in [6, 6.07) is 9.24. The largest absolute Gasteiger partial charge is 0.282 e. The maximum absolute atomic E-state index is 12.3. The Bertz CT molecular complexity index is 803. The van der Waals surface area contributed by atoms with Crippen molar-refractivity contribution >= 4 is 28.5 Å². The van der Waals surface area contributed by atoms with Gasteiger partial charge in [-0.3, -0.25) is 4.79 Å². The number of aromatic nitrogens is 2. The van der Waals surface area contributed by atoms with E-state index in [1.165, 1.54) is 4.68 Å². The first-order valence-electron chi connectivity index (χ1n) is 5.80. The van der Waals surface area contributed by atoms with Crippen LogP contribution in [0, 0.1) is 6.92 Å². The quantitative estimate of drug-likeness (QED) is 0.671. The van der Waals surface area contributed by atoms with Gasteiger partial charge in [0.1, 0.15) is 5.82 Å². The molecule has 0 fully saturated rings. The summed E-state index contributed by atoms with van der Waals surface area (Å²) in [7, 11) is 0. The molecule has 0 unspecified atom stereocenters. The van der Waals surface area contributed by atoms with Crippen LogP contribution in [0.2, 0.25) is 0 Å². The van der Waals surface area contributed by atoms with E-state index in [1.807, 2.05) is 35.0 Å². The Balaban J connectivity index is 2.16. The smallest absolute Gasteiger partial charge is 0.267 e. The van der Waals surface area contributed by atoms with Gasteiger partial charge in [0.15, 0.2) is 0 Å². The Morgan fingerprint density at radius 3 is 2.95 bits per heavy atom. The molecule has 1 aromatic carbocycles. The van der Waals surface area contributed by atoms with Gasteiger partial charge >= 0.3 is 0 Å². The van der Waals surface area contributed by atoms with Gasteiger partial charge in [-0.2, -0.15) is 21.1 Å². The molecule has 0 radical (unpaired) electrons. The molecule has 94 valence electrons. The molecular weight excluding hydrogens is 258 g/mol.